The first-order valence-corrected chi connectivity index (χ1v) is 10.7. The molecule has 3 aromatic heterocycles. The SMILES string of the molecule is C[C@@H]1CNc2c(sc3ccc4nc(-c5nc(Cl)c(C(F)(F)F)cc5F)ccc4c23)CN1. The smallest absolute Gasteiger partial charge is 0.382 e. The number of rotatable bonds is 1. The molecule has 0 unspecified atom stereocenters. The maximum Gasteiger partial charge on any atom is 0.419 e. The van der Waals surface area contributed by atoms with E-state index in [9.17, 15) is 17.6 Å². The highest BCUT2D eigenvalue weighted by Gasteiger charge is 2.35. The number of benzene rings is 1. The molecular formula is C21H15ClF4N4S. The first kappa shape index (κ1) is 20.4. The van der Waals surface area contributed by atoms with Crippen LogP contribution in [-0.2, 0) is 12.7 Å². The molecule has 0 aliphatic carbocycles. The third kappa shape index (κ3) is 3.50. The van der Waals surface area contributed by atoms with Crippen molar-refractivity contribution in [3.8, 4) is 11.4 Å². The zero-order valence-electron chi connectivity index (χ0n) is 16.1. The average molecular weight is 467 g/mol. The van der Waals surface area contributed by atoms with Gasteiger partial charge in [-0.3, -0.25) is 0 Å². The van der Waals surface area contributed by atoms with Crippen molar-refractivity contribution in [2.45, 2.75) is 25.7 Å². The zero-order chi connectivity index (χ0) is 21.9. The van der Waals surface area contributed by atoms with Crippen LogP contribution in [0.1, 0.15) is 17.4 Å². The molecule has 4 nitrogen and oxygen atoms in total. The van der Waals surface area contributed by atoms with Gasteiger partial charge in [-0.15, -0.1) is 11.3 Å². The first-order chi connectivity index (χ1) is 14.7. The van der Waals surface area contributed by atoms with Crippen LogP contribution in [0.2, 0.25) is 5.15 Å². The number of nitrogens with zero attached hydrogens (tertiary/aromatic N) is 2. The minimum Gasteiger partial charge on any atom is -0.382 e. The number of aromatic nitrogens is 2. The number of halogens is 5. The second-order valence-electron chi connectivity index (χ2n) is 7.42. The summed E-state index contributed by atoms with van der Waals surface area (Å²) in [7, 11) is 0. The molecule has 31 heavy (non-hydrogen) atoms. The molecule has 0 saturated heterocycles. The molecule has 0 fully saturated rings. The Labute approximate surface area is 183 Å². The number of nitrogens with one attached hydrogen (secondary N) is 2. The monoisotopic (exact) mass is 466 g/mol. The minimum absolute atomic E-state index is 0.115. The van der Waals surface area contributed by atoms with Crippen LogP contribution in [0.3, 0.4) is 0 Å². The van der Waals surface area contributed by atoms with Gasteiger partial charge in [0.2, 0.25) is 0 Å². The fourth-order valence-corrected chi connectivity index (χ4v) is 5.13. The summed E-state index contributed by atoms with van der Waals surface area (Å²) >= 11 is 7.38. The van der Waals surface area contributed by atoms with Crippen molar-refractivity contribution >= 4 is 49.6 Å². The van der Waals surface area contributed by atoms with Crippen molar-refractivity contribution in [3.05, 3.63) is 51.7 Å². The van der Waals surface area contributed by atoms with Gasteiger partial charge in [0.05, 0.1) is 22.5 Å². The summed E-state index contributed by atoms with van der Waals surface area (Å²) in [5.41, 5.74) is 0.131. The summed E-state index contributed by atoms with van der Waals surface area (Å²) in [4.78, 5) is 9.32. The number of thiophene rings is 1. The summed E-state index contributed by atoms with van der Waals surface area (Å²) in [6, 6.07) is 7.80. The quantitative estimate of drug-likeness (QED) is 0.258. The Kier molecular flexibility index (Phi) is 4.80. The number of hydrogen-bond acceptors (Lipinski definition) is 5. The number of hydrogen-bond donors (Lipinski definition) is 2. The van der Waals surface area contributed by atoms with E-state index >= 15 is 0 Å². The molecule has 5 rings (SSSR count). The number of anilines is 1. The molecule has 2 N–H and O–H groups in total. The molecule has 160 valence electrons. The molecule has 4 aromatic rings. The molecule has 1 aliphatic rings. The fraction of sp³-hybridized carbons (Fsp3) is 0.238. The molecule has 1 aliphatic heterocycles. The van der Waals surface area contributed by atoms with E-state index in [4.69, 9.17) is 11.6 Å². The third-order valence-electron chi connectivity index (χ3n) is 5.27. The van der Waals surface area contributed by atoms with E-state index in [2.05, 4.69) is 27.5 Å². The summed E-state index contributed by atoms with van der Waals surface area (Å²) in [5.74, 6) is -1.13. The van der Waals surface area contributed by atoms with Crippen LogP contribution < -0.4 is 10.6 Å². The fourth-order valence-electron chi connectivity index (χ4n) is 3.73. The van der Waals surface area contributed by atoms with E-state index < -0.39 is 22.7 Å². The molecule has 10 heteroatoms. The molecule has 0 radical (unpaired) electrons. The van der Waals surface area contributed by atoms with Crippen LogP contribution in [0.15, 0.2) is 30.3 Å². The van der Waals surface area contributed by atoms with Gasteiger partial charge in [-0.25, -0.2) is 14.4 Å². The summed E-state index contributed by atoms with van der Waals surface area (Å²) in [6.45, 7) is 3.64. The molecule has 0 amide bonds. The van der Waals surface area contributed by atoms with Crippen LogP contribution in [0.25, 0.3) is 32.4 Å². The van der Waals surface area contributed by atoms with Crippen LogP contribution in [-0.4, -0.2) is 22.6 Å². The predicted octanol–water partition coefficient (Wildman–Crippen LogP) is 6.23. The second-order valence-corrected chi connectivity index (χ2v) is 8.91. The van der Waals surface area contributed by atoms with E-state index in [1.165, 1.54) is 4.88 Å². The maximum atomic E-state index is 14.5. The van der Waals surface area contributed by atoms with Gasteiger partial charge in [0.1, 0.15) is 10.8 Å². The van der Waals surface area contributed by atoms with Gasteiger partial charge >= 0.3 is 6.18 Å². The predicted molar refractivity (Wildman–Crippen MR) is 115 cm³/mol. The van der Waals surface area contributed by atoms with Crippen molar-refractivity contribution < 1.29 is 17.6 Å². The van der Waals surface area contributed by atoms with Gasteiger partial charge in [-0.1, -0.05) is 11.6 Å². The van der Waals surface area contributed by atoms with Crippen molar-refractivity contribution in [2.24, 2.45) is 0 Å². The molecule has 1 aromatic carbocycles. The highest BCUT2D eigenvalue weighted by atomic mass is 35.5. The normalized spacial score (nSPS) is 16.9. The second kappa shape index (κ2) is 7.29. The summed E-state index contributed by atoms with van der Waals surface area (Å²) in [5, 5.41) is 8.05. The Balaban J connectivity index is 1.65. The first-order valence-electron chi connectivity index (χ1n) is 9.48. The van der Waals surface area contributed by atoms with Gasteiger partial charge in [-0.05, 0) is 37.3 Å². The molecule has 1 atom stereocenters. The lowest BCUT2D eigenvalue weighted by molar-refractivity contribution is -0.137. The minimum atomic E-state index is -4.79. The Morgan fingerprint density at radius 2 is 1.97 bits per heavy atom. The van der Waals surface area contributed by atoms with Gasteiger partial charge in [0.15, 0.2) is 5.82 Å². The lowest BCUT2D eigenvalue weighted by Crippen LogP contribution is -2.29. The van der Waals surface area contributed by atoms with E-state index in [1.54, 1.807) is 23.5 Å². The highest BCUT2D eigenvalue weighted by Crippen LogP contribution is 2.41. The molecule has 4 heterocycles. The van der Waals surface area contributed by atoms with Crippen molar-refractivity contribution in [1.82, 2.24) is 15.3 Å². The number of pyridine rings is 2. The Morgan fingerprint density at radius 1 is 1.16 bits per heavy atom. The lowest BCUT2D eigenvalue weighted by atomic mass is 10.1. The largest absolute Gasteiger partial charge is 0.419 e. The molecule has 0 spiro atoms. The van der Waals surface area contributed by atoms with Crippen molar-refractivity contribution in [2.75, 3.05) is 11.9 Å². The van der Waals surface area contributed by atoms with Crippen LogP contribution >= 0.6 is 22.9 Å². The number of fused-ring (bicyclic) bond motifs is 5. The van der Waals surface area contributed by atoms with Crippen LogP contribution in [0, 0.1) is 5.82 Å². The van der Waals surface area contributed by atoms with E-state index in [0.29, 0.717) is 17.6 Å². The van der Waals surface area contributed by atoms with Crippen LogP contribution in [0.5, 0.6) is 0 Å². The molecule has 0 bridgehead atoms. The number of alkyl halides is 3. The highest BCUT2D eigenvalue weighted by molar-refractivity contribution is 7.20. The van der Waals surface area contributed by atoms with Crippen LogP contribution in [0.4, 0.5) is 23.2 Å². The molecular weight excluding hydrogens is 452 g/mol. The summed E-state index contributed by atoms with van der Waals surface area (Å²) < 4.78 is 54.5. The van der Waals surface area contributed by atoms with Crippen molar-refractivity contribution in [3.63, 3.8) is 0 Å². The van der Waals surface area contributed by atoms with E-state index in [-0.39, 0.29) is 11.4 Å². The van der Waals surface area contributed by atoms with Gasteiger partial charge < -0.3 is 10.6 Å². The maximum absolute atomic E-state index is 14.5. The van der Waals surface area contributed by atoms with E-state index in [1.807, 2.05) is 12.1 Å². The average Bonchev–Trinajstić information content (AvgIpc) is 2.98. The van der Waals surface area contributed by atoms with Gasteiger partial charge in [0, 0.05) is 39.5 Å². The zero-order valence-corrected chi connectivity index (χ0v) is 17.6. The lowest BCUT2D eigenvalue weighted by Gasteiger charge is -2.12. The Hall–Kier alpha value is -2.49. The van der Waals surface area contributed by atoms with Gasteiger partial charge in [-0.2, -0.15) is 13.2 Å². The Bertz CT molecular complexity index is 1330. The third-order valence-corrected chi connectivity index (χ3v) is 6.71. The van der Waals surface area contributed by atoms with E-state index in [0.717, 1.165) is 34.2 Å². The van der Waals surface area contributed by atoms with Gasteiger partial charge in [0.25, 0.3) is 0 Å². The Morgan fingerprint density at radius 3 is 2.74 bits per heavy atom. The molecule has 0 saturated carbocycles. The topological polar surface area (TPSA) is 49.8 Å². The standard InChI is InChI=1S/C21H15ClF4N4S/c1-9-7-28-19-16(8-27-9)31-15-5-4-13-10(17(15)19)2-3-14(29-13)18-12(23)6-11(20(22)30-18)21(24,25)26/h2-6,9,27-28H,7-8H2,1H3/t9-/m1/s1. The summed E-state index contributed by atoms with van der Waals surface area (Å²) in [6.07, 6.45) is -4.79. The van der Waals surface area contributed by atoms with Crippen molar-refractivity contribution in [1.29, 1.82) is 0 Å².